The quantitative estimate of drug-likeness (QED) is 0.723. The first-order valence-electron chi connectivity index (χ1n) is 8.34. The van der Waals surface area contributed by atoms with Crippen LogP contribution < -0.4 is 4.72 Å². The number of aromatic nitrogens is 1. The van der Waals surface area contributed by atoms with Crippen molar-refractivity contribution >= 4 is 20.9 Å². The predicted molar refractivity (Wildman–Crippen MR) is 102 cm³/mol. The van der Waals surface area contributed by atoms with Gasteiger partial charge in [0.05, 0.1) is 4.90 Å². The summed E-state index contributed by atoms with van der Waals surface area (Å²) in [5, 5.41) is 1.13. The summed E-state index contributed by atoms with van der Waals surface area (Å²) in [5.41, 5.74) is 3.60. The van der Waals surface area contributed by atoms with E-state index in [1.807, 2.05) is 58.2 Å². The second-order valence-corrected chi connectivity index (χ2v) is 8.95. The van der Waals surface area contributed by atoms with Gasteiger partial charge in [0.25, 0.3) is 0 Å². The van der Waals surface area contributed by atoms with Crippen molar-refractivity contribution in [3.8, 4) is 0 Å². The smallest absolute Gasteiger partial charge is 0.241 e. The molecule has 2 aromatic carbocycles. The number of H-pyrrole nitrogens is 1. The van der Waals surface area contributed by atoms with Gasteiger partial charge in [0.1, 0.15) is 0 Å². The maximum Gasteiger partial charge on any atom is 0.241 e. The molecule has 0 amide bonds. The van der Waals surface area contributed by atoms with Crippen LogP contribution in [0.5, 0.6) is 0 Å². The van der Waals surface area contributed by atoms with Crippen molar-refractivity contribution in [2.75, 3.05) is 0 Å². The van der Waals surface area contributed by atoms with Crippen molar-refractivity contribution in [3.63, 3.8) is 0 Å². The minimum atomic E-state index is -3.57. The highest BCUT2D eigenvalue weighted by Crippen LogP contribution is 2.24. The monoisotopic (exact) mass is 356 g/mol. The van der Waals surface area contributed by atoms with Gasteiger partial charge in [-0.3, -0.25) is 0 Å². The average Bonchev–Trinajstić information content (AvgIpc) is 2.91. The van der Waals surface area contributed by atoms with E-state index in [2.05, 4.69) is 15.8 Å². The van der Waals surface area contributed by atoms with Crippen molar-refractivity contribution in [1.29, 1.82) is 0 Å². The first-order valence-corrected chi connectivity index (χ1v) is 9.82. The Balaban J connectivity index is 1.86. The molecule has 0 atom stereocenters. The molecule has 3 rings (SSSR count). The molecule has 0 radical (unpaired) electrons. The third-order valence-corrected chi connectivity index (χ3v) is 6.20. The van der Waals surface area contributed by atoms with Crippen LogP contribution in [0.2, 0.25) is 0 Å². The molecule has 25 heavy (non-hydrogen) atoms. The molecule has 0 fully saturated rings. The van der Waals surface area contributed by atoms with Crippen LogP contribution in [0, 0.1) is 13.8 Å². The summed E-state index contributed by atoms with van der Waals surface area (Å²) in [6, 6.07) is 13.3. The lowest BCUT2D eigenvalue weighted by Gasteiger charge is -2.26. The summed E-state index contributed by atoms with van der Waals surface area (Å²) in [4.78, 5) is 3.55. The molecule has 5 heteroatoms. The first-order chi connectivity index (χ1) is 11.7. The summed E-state index contributed by atoms with van der Waals surface area (Å²) in [7, 11) is -3.57. The van der Waals surface area contributed by atoms with E-state index >= 15 is 0 Å². The summed E-state index contributed by atoms with van der Waals surface area (Å²) in [5.74, 6) is 0. The van der Waals surface area contributed by atoms with Crippen LogP contribution in [-0.4, -0.2) is 18.9 Å². The fourth-order valence-electron chi connectivity index (χ4n) is 3.09. The summed E-state index contributed by atoms with van der Waals surface area (Å²) < 4.78 is 28.4. The van der Waals surface area contributed by atoms with E-state index in [4.69, 9.17) is 0 Å². The topological polar surface area (TPSA) is 62.0 Å². The third kappa shape index (κ3) is 3.78. The summed E-state index contributed by atoms with van der Waals surface area (Å²) >= 11 is 0. The Kier molecular flexibility index (Phi) is 4.47. The van der Waals surface area contributed by atoms with Gasteiger partial charge in [0.15, 0.2) is 0 Å². The number of nitrogens with one attached hydrogen (secondary N) is 2. The Morgan fingerprint density at radius 3 is 2.48 bits per heavy atom. The Hall–Kier alpha value is -2.11. The SMILES string of the molecule is Cc1ccc(S(=O)(=O)NC(C)(C)Cc2c[nH]c3ccccc23)cc1C. The van der Waals surface area contributed by atoms with Crippen LogP contribution in [0.3, 0.4) is 0 Å². The number of hydrogen-bond donors (Lipinski definition) is 2. The van der Waals surface area contributed by atoms with Crippen molar-refractivity contribution < 1.29 is 8.42 Å². The van der Waals surface area contributed by atoms with Crippen molar-refractivity contribution in [1.82, 2.24) is 9.71 Å². The summed E-state index contributed by atoms with van der Waals surface area (Å²) in [6.07, 6.45) is 2.55. The van der Waals surface area contributed by atoms with Gasteiger partial charge in [-0.2, -0.15) is 0 Å². The van der Waals surface area contributed by atoms with E-state index in [0.717, 1.165) is 27.6 Å². The van der Waals surface area contributed by atoms with Crippen molar-refractivity contribution in [2.45, 2.75) is 44.6 Å². The van der Waals surface area contributed by atoms with Crippen molar-refractivity contribution in [2.24, 2.45) is 0 Å². The molecular weight excluding hydrogens is 332 g/mol. The lowest BCUT2D eigenvalue weighted by molar-refractivity contribution is 0.451. The molecule has 1 aromatic heterocycles. The first kappa shape index (κ1) is 17.7. The summed E-state index contributed by atoms with van der Waals surface area (Å²) in [6.45, 7) is 7.71. The predicted octanol–water partition coefficient (Wildman–Crippen LogP) is 4.08. The number of benzene rings is 2. The van der Waals surface area contributed by atoms with Gasteiger partial charge in [-0.15, -0.1) is 0 Å². The van der Waals surface area contributed by atoms with E-state index in [1.54, 1.807) is 12.1 Å². The Bertz CT molecular complexity index is 1020. The van der Waals surface area contributed by atoms with Gasteiger partial charge >= 0.3 is 0 Å². The highest BCUT2D eigenvalue weighted by atomic mass is 32.2. The molecule has 1 heterocycles. The van der Waals surface area contributed by atoms with Gasteiger partial charge in [0, 0.05) is 22.6 Å². The molecule has 0 bridgehead atoms. The van der Waals surface area contributed by atoms with E-state index in [0.29, 0.717) is 11.3 Å². The van der Waals surface area contributed by atoms with Crippen LogP contribution in [0.15, 0.2) is 53.6 Å². The molecule has 0 unspecified atom stereocenters. The maximum absolute atomic E-state index is 12.8. The molecule has 132 valence electrons. The highest BCUT2D eigenvalue weighted by molar-refractivity contribution is 7.89. The van der Waals surface area contributed by atoms with Crippen LogP contribution in [-0.2, 0) is 16.4 Å². The molecule has 4 nitrogen and oxygen atoms in total. The fraction of sp³-hybridized carbons (Fsp3) is 0.300. The number of aromatic amines is 1. The van der Waals surface area contributed by atoms with Crippen LogP contribution in [0.25, 0.3) is 10.9 Å². The number of hydrogen-bond acceptors (Lipinski definition) is 2. The van der Waals surface area contributed by atoms with Gasteiger partial charge in [0.2, 0.25) is 10.0 Å². The van der Waals surface area contributed by atoms with Gasteiger partial charge in [-0.05, 0) is 69.0 Å². The fourth-order valence-corrected chi connectivity index (χ4v) is 4.59. The Morgan fingerprint density at radius 2 is 1.76 bits per heavy atom. The number of rotatable bonds is 5. The second-order valence-electron chi connectivity index (χ2n) is 7.27. The zero-order valence-corrected chi connectivity index (χ0v) is 15.9. The average molecular weight is 356 g/mol. The number of sulfonamides is 1. The number of para-hydroxylation sites is 1. The minimum absolute atomic E-state index is 0.308. The lowest BCUT2D eigenvalue weighted by atomic mass is 9.96. The molecule has 0 aliphatic carbocycles. The van der Waals surface area contributed by atoms with Gasteiger partial charge < -0.3 is 4.98 Å². The molecule has 0 saturated carbocycles. The standard InChI is InChI=1S/C20H24N2O2S/c1-14-9-10-17(11-15(14)2)25(23,24)22-20(3,4)12-16-13-21-19-8-6-5-7-18(16)19/h5-11,13,21-22H,12H2,1-4H3. The van der Waals surface area contributed by atoms with Gasteiger partial charge in [-0.1, -0.05) is 24.3 Å². The van der Waals surface area contributed by atoms with E-state index < -0.39 is 15.6 Å². The van der Waals surface area contributed by atoms with Crippen LogP contribution >= 0.6 is 0 Å². The zero-order valence-electron chi connectivity index (χ0n) is 15.1. The second kappa shape index (κ2) is 6.32. The molecule has 0 spiro atoms. The maximum atomic E-state index is 12.8. The molecule has 2 N–H and O–H groups in total. The Labute approximate surface area is 149 Å². The molecule has 0 saturated heterocycles. The lowest BCUT2D eigenvalue weighted by Crippen LogP contribution is -2.45. The molecule has 0 aliphatic heterocycles. The number of aryl methyl sites for hydroxylation is 2. The Morgan fingerprint density at radius 1 is 1.04 bits per heavy atom. The van der Waals surface area contributed by atoms with E-state index in [1.165, 1.54) is 0 Å². The number of fused-ring (bicyclic) bond motifs is 1. The van der Waals surface area contributed by atoms with Crippen LogP contribution in [0.4, 0.5) is 0 Å². The van der Waals surface area contributed by atoms with Gasteiger partial charge in [-0.25, -0.2) is 13.1 Å². The van der Waals surface area contributed by atoms with E-state index in [-0.39, 0.29) is 0 Å². The molecular formula is C20H24N2O2S. The molecule has 0 aliphatic rings. The van der Waals surface area contributed by atoms with Crippen molar-refractivity contribution in [3.05, 3.63) is 65.4 Å². The normalized spacial score (nSPS) is 12.6. The highest BCUT2D eigenvalue weighted by Gasteiger charge is 2.27. The molecule has 3 aromatic rings. The zero-order chi connectivity index (χ0) is 18.2. The third-order valence-electron chi connectivity index (χ3n) is 4.51. The largest absolute Gasteiger partial charge is 0.361 e. The van der Waals surface area contributed by atoms with E-state index in [9.17, 15) is 8.42 Å². The minimum Gasteiger partial charge on any atom is -0.361 e. The van der Waals surface area contributed by atoms with Crippen LogP contribution in [0.1, 0.15) is 30.5 Å².